The molecule has 3 atom stereocenters. The first-order valence-electron chi connectivity index (χ1n) is 6.73. The number of carbonyl (C=O) groups is 1. The Labute approximate surface area is 116 Å². The Kier molecular flexibility index (Phi) is 3.81. The average molecular weight is 282 g/mol. The maximum Gasteiger partial charge on any atom is 0.273 e. The lowest BCUT2D eigenvalue weighted by Gasteiger charge is -2.31. The Morgan fingerprint density at radius 3 is 3.32 bits per heavy atom. The van der Waals surface area contributed by atoms with Gasteiger partial charge in [0.15, 0.2) is 0 Å². The van der Waals surface area contributed by atoms with Gasteiger partial charge in [0.05, 0.1) is 18.1 Å². The number of nitrogens with zero attached hydrogens (tertiary/aromatic N) is 2. The van der Waals surface area contributed by atoms with E-state index in [9.17, 15) is 4.79 Å². The smallest absolute Gasteiger partial charge is 0.273 e. The summed E-state index contributed by atoms with van der Waals surface area (Å²) in [6.45, 7) is 4.00. The lowest BCUT2D eigenvalue weighted by molar-refractivity contribution is -0.0737. The summed E-state index contributed by atoms with van der Waals surface area (Å²) in [7, 11) is 0. The van der Waals surface area contributed by atoms with Crippen molar-refractivity contribution < 1.29 is 14.3 Å². The van der Waals surface area contributed by atoms with Crippen LogP contribution in [-0.4, -0.2) is 53.8 Å². The van der Waals surface area contributed by atoms with E-state index in [-0.39, 0.29) is 24.2 Å². The number of ether oxygens (including phenoxy) is 2. The first kappa shape index (κ1) is 13.0. The van der Waals surface area contributed by atoms with Gasteiger partial charge in [-0.3, -0.25) is 4.79 Å². The predicted molar refractivity (Wildman–Crippen MR) is 71.3 cm³/mol. The SMILES string of the molecule is CCO[C@@H]1CN(C(=O)c2cscn2)[C@@H]2CCCO[C@@H]21. The van der Waals surface area contributed by atoms with Crippen LogP contribution in [0.3, 0.4) is 0 Å². The molecule has 0 unspecified atom stereocenters. The highest BCUT2D eigenvalue weighted by Gasteiger charge is 2.46. The van der Waals surface area contributed by atoms with Crippen LogP contribution in [0.2, 0.25) is 0 Å². The molecule has 0 bridgehead atoms. The largest absolute Gasteiger partial charge is 0.374 e. The predicted octanol–water partition coefficient (Wildman–Crippen LogP) is 1.55. The second-order valence-electron chi connectivity index (χ2n) is 4.87. The number of rotatable bonds is 3. The van der Waals surface area contributed by atoms with Crippen LogP contribution in [0.25, 0.3) is 0 Å². The summed E-state index contributed by atoms with van der Waals surface area (Å²) in [6.07, 6.45) is 2.01. The summed E-state index contributed by atoms with van der Waals surface area (Å²) in [5, 5.41) is 1.80. The van der Waals surface area contributed by atoms with Crippen LogP contribution >= 0.6 is 11.3 Å². The van der Waals surface area contributed by atoms with Gasteiger partial charge in [0.25, 0.3) is 5.91 Å². The van der Waals surface area contributed by atoms with Crippen molar-refractivity contribution in [3.8, 4) is 0 Å². The van der Waals surface area contributed by atoms with E-state index in [2.05, 4.69) is 4.98 Å². The van der Waals surface area contributed by atoms with E-state index in [1.54, 1.807) is 10.9 Å². The number of amides is 1. The van der Waals surface area contributed by atoms with E-state index in [1.165, 1.54) is 11.3 Å². The van der Waals surface area contributed by atoms with E-state index in [1.807, 2.05) is 11.8 Å². The Bertz CT molecular complexity index is 437. The Balaban J connectivity index is 1.79. The maximum absolute atomic E-state index is 12.5. The summed E-state index contributed by atoms with van der Waals surface area (Å²) in [4.78, 5) is 18.5. The standard InChI is InChI=1S/C13H18N2O3S/c1-2-17-11-6-15(10-4-3-5-18-12(10)11)13(16)9-7-19-8-14-9/h7-8,10-12H,2-6H2,1H3/t10-,11-,12+/m1/s1. The van der Waals surface area contributed by atoms with Crippen molar-refractivity contribution in [2.45, 2.75) is 38.0 Å². The van der Waals surface area contributed by atoms with Crippen LogP contribution in [0.4, 0.5) is 0 Å². The third kappa shape index (κ3) is 2.40. The van der Waals surface area contributed by atoms with Crippen molar-refractivity contribution in [1.82, 2.24) is 9.88 Å². The molecule has 0 saturated carbocycles. The minimum absolute atomic E-state index is 0.00196. The van der Waals surface area contributed by atoms with Crippen LogP contribution in [0, 0.1) is 0 Å². The van der Waals surface area contributed by atoms with Crippen molar-refractivity contribution in [2.75, 3.05) is 19.8 Å². The molecular weight excluding hydrogens is 264 g/mol. The number of hydrogen-bond donors (Lipinski definition) is 0. The minimum Gasteiger partial charge on any atom is -0.374 e. The highest BCUT2D eigenvalue weighted by atomic mass is 32.1. The molecule has 19 heavy (non-hydrogen) atoms. The van der Waals surface area contributed by atoms with Gasteiger partial charge in [-0.25, -0.2) is 4.98 Å². The Hall–Kier alpha value is -0.980. The van der Waals surface area contributed by atoms with Crippen molar-refractivity contribution in [1.29, 1.82) is 0 Å². The fraction of sp³-hybridized carbons (Fsp3) is 0.692. The van der Waals surface area contributed by atoms with Gasteiger partial charge < -0.3 is 14.4 Å². The number of carbonyl (C=O) groups excluding carboxylic acids is 1. The molecule has 1 aromatic heterocycles. The van der Waals surface area contributed by atoms with Crippen molar-refractivity contribution in [3.05, 3.63) is 16.6 Å². The van der Waals surface area contributed by atoms with Crippen molar-refractivity contribution in [3.63, 3.8) is 0 Å². The van der Waals surface area contributed by atoms with Gasteiger partial charge in [-0.2, -0.15) is 0 Å². The first-order valence-corrected chi connectivity index (χ1v) is 7.68. The number of fused-ring (bicyclic) bond motifs is 1. The molecule has 0 radical (unpaired) electrons. The molecule has 0 spiro atoms. The van der Waals surface area contributed by atoms with E-state index < -0.39 is 0 Å². The van der Waals surface area contributed by atoms with E-state index in [4.69, 9.17) is 9.47 Å². The second-order valence-corrected chi connectivity index (χ2v) is 5.59. The average Bonchev–Trinajstić information content (AvgIpc) is 3.07. The lowest BCUT2D eigenvalue weighted by atomic mass is 10.0. The third-order valence-corrected chi connectivity index (χ3v) is 4.36. The van der Waals surface area contributed by atoms with Crippen LogP contribution in [-0.2, 0) is 9.47 Å². The summed E-state index contributed by atoms with van der Waals surface area (Å²) in [5.74, 6) is 0.00366. The molecule has 104 valence electrons. The molecule has 1 amide bonds. The minimum atomic E-state index is -0.00196. The molecule has 6 heteroatoms. The molecular formula is C13H18N2O3S. The Morgan fingerprint density at radius 1 is 1.68 bits per heavy atom. The highest BCUT2D eigenvalue weighted by Crippen LogP contribution is 2.31. The molecule has 2 aliphatic rings. The monoisotopic (exact) mass is 282 g/mol. The third-order valence-electron chi connectivity index (χ3n) is 3.77. The Morgan fingerprint density at radius 2 is 2.58 bits per heavy atom. The summed E-state index contributed by atoms with van der Waals surface area (Å²) < 4.78 is 11.6. The van der Waals surface area contributed by atoms with Gasteiger partial charge in [0.1, 0.15) is 17.9 Å². The molecule has 2 aliphatic heterocycles. The summed E-state index contributed by atoms with van der Waals surface area (Å²) >= 11 is 1.45. The maximum atomic E-state index is 12.5. The van der Waals surface area contributed by atoms with Crippen molar-refractivity contribution in [2.24, 2.45) is 0 Å². The van der Waals surface area contributed by atoms with Crippen molar-refractivity contribution >= 4 is 17.2 Å². The van der Waals surface area contributed by atoms with Gasteiger partial charge in [-0.15, -0.1) is 11.3 Å². The molecule has 0 aromatic carbocycles. The number of thiazole rings is 1. The molecule has 0 N–H and O–H groups in total. The van der Waals surface area contributed by atoms with E-state index >= 15 is 0 Å². The fourth-order valence-electron chi connectivity index (χ4n) is 2.97. The summed E-state index contributed by atoms with van der Waals surface area (Å²) in [6, 6.07) is 0.138. The van der Waals surface area contributed by atoms with Crippen LogP contribution in [0.1, 0.15) is 30.3 Å². The number of hydrogen-bond acceptors (Lipinski definition) is 5. The van der Waals surface area contributed by atoms with Gasteiger partial charge in [0, 0.05) is 18.6 Å². The number of aromatic nitrogens is 1. The zero-order valence-corrected chi connectivity index (χ0v) is 11.8. The molecule has 1 aromatic rings. The number of likely N-dealkylation sites (tertiary alicyclic amines) is 1. The normalized spacial score (nSPS) is 30.4. The zero-order valence-electron chi connectivity index (χ0n) is 10.9. The van der Waals surface area contributed by atoms with Crippen LogP contribution < -0.4 is 0 Å². The summed E-state index contributed by atoms with van der Waals surface area (Å²) in [5.41, 5.74) is 2.23. The van der Waals surface area contributed by atoms with E-state index in [0.29, 0.717) is 18.8 Å². The fourth-order valence-corrected chi connectivity index (χ4v) is 3.49. The molecule has 2 saturated heterocycles. The van der Waals surface area contributed by atoms with Crippen LogP contribution in [0.5, 0.6) is 0 Å². The van der Waals surface area contributed by atoms with Gasteiger partial charge in [-0.1, -0.05) is 0 Å². The quantitative estimate of drug-likeness (QED) is 0.844. The van der Waals surface area contributed by atoms with Crippen LogP contribution in [0.15, 0.2) is 10.9 Å². The highest BCUT2D eigenvalue weighted by molar-refractivity contribution is 7.07. The molecule has 5 nitrogen and oxygen atoms in total. The van der Waals surface area contributed by atoms with E-state index in [0.717, 1.165) is 19.4 Å². The molecule has 3 heterocycles. The lowest BCUT2D eigenvalue weighted by Crippen LogP contribution is -2.44. The van der Waals surface area contributed by atoms with Gasteiger partial charge >= 0.3 is 0 Å². The second kappa shape index (κ2) is 5.56. The van der Waals surface area contributed by atoms with Gasteiger partial charge in [-0.05, 0) is 19.8 Å². The zero-order chi connectivity index (χ0) is 13.2. The molecule has 3 rings (SSSR count). The first-order chi connectivity index (χ1) is 9.31. The molecule has 0 aliphatic carbocycles. The van der Waals surface area contributed by atoms with Gasteiger partial charge in [0.2, 0.25) is 0 Å². The molecule has 2 fully saturated rings. The topological polar surface area (TPSA) is 51.7 Å².